The van der Waals surface area contributed by atoms with E-state index >= 15 is 0 Å². The molecule has 0 fully saturated rings. The van der Waals surface area contributed by atoms with Crippen LogP contribution in [0.3, 0.4) is 0 Å². The molecule has 1 heterocycles. The molecule has 0 aliphatic heterocycles. The summed E-state index contributed by atoms with van der Waals surface area (Å²) in [7, 11) is 3.77. The number of benzene rings is 2. The van der Waals surface area contributed by atoms with Crippen molar-refractivity contribution in [3.8, 4) is 11.4 Å². The van der Waals surface area contributed by atoms with E-state index in [-0.39, 0.29) is 0 Å². The van der Waals surface area contributed by atoms with Gasteiger partial charge in [0.2, 0.25) is 4.77 Å². The van der Waals surface area contributed by atoms with Crippen molar-refractivity contribution in [2.45, 2.75) is 20.1 Å². The summed E-state index contributed by atoms with van der Waals surface area (Å²) in [5, 5.41) is 8.40. The smallest absolute Gasteiger partial charge is 0.225 e. The number of ether oxygens (including phenoxy) is 1. The van der Waals surface area contributed by atoms with Crippen molar-refractivity contribution in [2.75, 3.05) is 14.2 Å². The molecule has 0 aliphatic rings. The fourth-order valence-corrected chi connectivity index (χ4v) is 2.95. The Kier molecular flexibility index (Phi) is 5.25. The Hall–Kier alpha value is -2.51. The van der Waals surface area contributed by atoms with E-state index in [0.717, 1.165) is 18.0 Å². The lowest BCUT2D eigenvalue weighted by Gasteiger charge is -2.14. The van der Waals surface area contributed by atoms with Crippen molar-refractivity contribution in [1.82, 2.24) is 19.8 Å². The van der Waals surface area contributed by atoms with E-state index in [0.29, 0.717) is 11.4 Å². The van der Waals surface area contributed by atoms with Crippen LogP contribution >= 0.6 is 12.2 Å². The maximum atomic E-state index is 5.53. The normalized spacial score (nSPS) is 12.1. The monoisotopic (exact) mass is 356 g/mol. The Labute approximate surface area is 152 Å². The van der Waals surface area contributed by atoms with Gasteiger partial charge in [0.05, 0.1) is 19.8 Å². The summed E-state index contributed by atoms with van der Waals surface area (Å²) in [6.07, 6.45) is 0. The summed E-state index contributed by atoms with van der Waals surface area (Å²) < 4.78 is 9.18. The van der Waals surface area contributed by atoms with E-state index in [1.807, 2.05) is 24.3 Å². The molecule has 7 heteroatoms. The highest BCUT2D eigenvalue weighted by atomic mass is 32.1. The number of rotatable bonds is 6. The molecular formula is C18H22N5OS+. The molecule has 1 unspecified atom stereocenters. The molecule has 0 aliphatic carbocycles. The van der Waals surface area contributed by atoms with Gasteiger partial charge in [-0.3, -0.25) is 0 Å². The second-order valence-electron chi connectivity index (χ2n) is 6.09. The second kappa shape index (κ2) is 7.58. The van der Waals surface area contributed by atoms with Gasteiger partial charge in [0.15, 0.2) is 6.67 Å². The zero-order valence-corrected chi connectivity index (χ0v) is 15.5. The lowest BCUT2D eigenvalue weighted by molar-refractivity contribution is -0.917. The van der Waals surface area contributed by atoms with Crippen LogP contribution in [0.25, 0.3) is 5.69 Å². The highest BCUT2D eigenvalue weighted by Gasteiger charge is 2.11. The molecule has 1 aromatic heterocycles. The molecule has 0 spiro atoms. The van der Waals surface area contributed by atoms with E-state index in [4.69, 9.17) is 17.0 Å². The summed E-state index contributed by atoms with van der Waals surface area (Å²) >= 11 is 5.53. The number of quaternary nitrogens is 1. The van der Waals surface area contributed by atoms with E-state index < -0.39 is 0 Å². The molecule has 1 N–H and O–H groups in total. The van der Waals surface area contributed by atoms with Gasteiger partial charge < -0.3 is 9.64 Å². The number of hydrogen-bond acceptors (Lipinski definition) is 4. The number of methoxy groups -OCH3 is 1. The van der Waals surface area contributed by atoms with Crippen LogP contribution in [0.2, 0.25) is 0 Å². The third-order valence-corrected chi connectivity index (χ3v) is 4.51. The summed E-state index contributed by atoms with van der Waals surface area (Å²) in [5.41, 5.74) is 3.50. The summed E-state index contributed by atoms with van der Waals surface area (Å²) in [5.74, 6) is 0.796. The van der Waals surface area contributed by atoms with Gasteiger partial charge in [0.25, 0.3) is 0 Å². The van der Waals surface area contributed by atoms with Gasteiger partial charge in [-0.05, 0) is 59.4 Å². The highest BCUT2D eigenvalue weighted by molar-refractivity contribution is 7.71. The van der Waals surface area contributed by atoms with Gasteiger partial charge in [-0.25, -0.2) is 0 Å². The number of nitrogens with zero attached hydrogens (tertiary/aromatic N) is 4. The number of aromatic nitrogens is 4. The summed E-state index contributed by atoms with van der Waals surface area (Å²) in [6.45, 7) is 3.70. The largest absolute Gasteiger partial charge is 0.497 e. The Balaban J connectivity index is 1.74. The zero-order chi connectivity index (χ0) is 17.8. The lowest BCUT2D eigenvalue weighted by atomic mass is 10.1. The average molecular weight is 356 g/mol. The molecule has 2 aromatic carbocycles. The molecule has 0 saturated heterocycles. The third kappa shape index (κ3) is 3.94. The second-order valence-corrected chi connectivity index (χ2v) is 6.45. The molecule has 0 bridgehead atoms. The van der Waals surface area contributed by atoms with Crippen LogP contribution in [0.4, 0.5) is 0 Å². The van der Waals surface area contributed by atoms with Crippen LogP contribution in [0.5, 0.6) is 5.75 Å². The number of tetrazole rings is 1. The van der Waals surface area contributed by atoms with Crippen LogP contribution in [0.15, 0.2) is 48.5 Å². The van der Waals surface area contributed by atoms with Crippen LogP contribution in [0.1, 0.15) is 11.1 Å². The predicted octanol–water partition coefficient (Wildman–Crippen LogP) is 1.79. The van der Waals surface area contributed by atoms with Crippen molar-refractivity contribution in [3.63, 3.8) is 0 Å². The molecule has 25 heavy (non-hydrogen) atoms. The molecule has 0 saturated carbocycles. The fraction of sp³-hybridized carbons (Fsp3) is 0.278. The predicted molar refractivity (Wildman–Crippen MR) is 98.5 cm³/mol. The maximum Gasteiger partial charge on any atom is 0.225 e. The minimum absolute atomic E-state index is 0.578. The maximum absolute atomic E-state index is 5.53. The van der Waals surface area contributed by atoms with Crippen LogP contribution in [0, 0.1) is 11.7 Å². The van der Waals surface area contributed by atoms with Gasteiger partial charge in [-0.2, -0.15) is 9.36 Å². The van der Waals surface area contributed by atoms with Crippen LogP contribution < -0.4 is 9.64 Å². The zero-order valence-electron chi connectivity index (χ0n) is 14.6. The Morgan fingerprint density at radius 2 is 1.80 bits per heavy atom. The molecule has 0 amide bonds. The standard InChI is InChI=1S/C18H21N5OS/c1-14-6-4-5-7-15(14)12-21(2)13-22-18(25)23(20-19-22)16-8-10-17(24-3)11-9-16/h4-11H,12-13H2,1-3H3/p+1. The Morgan fingerprint density at radius 1 is 1.08 bits per heavy atom. The minimum atomic E-state index is 0.578. The lowest BCUT2D eigenvalue weighted by Crippen LogP contribution is -3.07. The van der Waals surface area contributed by atoms with E-state index in [9.17, 15) is 0 Å². The highest BCUT2D eigenvalue weighted by Crippen LogP contribution is 2.14. The van der Waals surface area contributed by atoms with Crippen LogP contribution in [-0.2, 0) is 13.2 Å². The molecule has 0 radical (unpaired) electrons. The first-order chi connectivity index (χ1) is 12.1. The van der Waals surface area contributed by atoms with Crippen molar-refractivity contribution in [2.24, 2.45) is 0 Å². The van der Waals surface area contributed by atoms with E-state index in [2.05, 4.69) is 48.7 Å². The van der Waals surface area contributed by atoms with E-state index in [1.54, 1.807) is 16.5 Å². The van der Waals surface area contributed by atoms with Gasteiger partial charge in [0, 0.05) is 5.56 Å². The average Bonchev–Trinajstić information content (AvgIpc) is 2.97. The van der Waals surface area contributed by atoms with Crippen molar-refractivity contribution in [3.05, 3.63) is 64.4 Å². The first-order valence-corrected chi connectivity index (χ1v) is 8.52. The molecule has 130 valence electrons. The summed E-state index contributed by atoms with van der Waals surface area (Å²) in [6, 6.07) is 16.0. The first-order valence-electron chi connectivity index (χ1n) is 8.11. The number of nitrogens with one attached hydrogen (secondary N) is 1. The third-order valence-electron chi connectivity index (χ3n) is 4.13. The minimum Gasteiger partial charge on any atom is -0.497 e. The number of aryl methyl sites for hydroxylation is 1. The Morgan fingerprint density at radius 3 is 2.48 bits per heavy atom. The first kappa shape index (κ1) is 17.3. The van der Waals surface area contributed by atoms with Gasteiger partial charge >= 0.3 is 0 Å². The van der Waals surface area contributed by atoms with Crippen LogP contribution in [-0.4, -0.2) is 33.9 Å². The Bertz CT molecular complexity index is 900. The quantitative estimate of drug-likeness (QED) is 0.684. The summed E-state index contributed by atoms with van der Waals surface area (Å²) in [4.78, 5) is 1.28. The molecular weight excluding hydrogens is 334 g/mol. The van der Waals surface area contributed by atoms with Gasteiger partial charge in [-0.1, -0.05) is 24.3 Å². The van der Waals surface area contributed by atoms with Crippen molar-refractivity contribution in [1.29, 1.82) is 0 Å². The number of hydrogen-bond donors (Lipinski definition) is 1. The molecule has 3 aromatic rings. The van der Waals surface area contributed by atoms with Gasteiger partial charge in [0.1, 0.15) is 12.3 Å². The van der Waals surface area contributed by atoms with Crippen molar-refractivity contribution < 1.29 is 9.64 Å². The topological polar surface area (TPSA) is 49.3 Å². The van der Waals surface area contributed by atoms with Gasteiger partial charge in [-0.15, -0.1) is 0 Å². The van der Waals surface area contributed by atoms with E-state index in [1.165, 1.54) is 16.0 Å². The van der Waals surface area contributed by atoms with Crippen molar-refractivity contribution >= 4 is 12.2 Å². The fourth-order valence-electron chi connectivity index (χ4n) is 2.70. The molecule has 3 rings (SSSR count). The SMILES string of the molecule is COc1ccc(-n2nnn(C[NH+](C)Cc3ccccc3C)c2=S)cc1. The molecule has 6 nitrogen and oxygen atoms in total. The molecule has 1 atom stereocenters.